The van der Waals surface area contributed by atoms with Crippen LogP contribution in [0.15, 0.2) is 87.1 Å². The number of rotatable bonds is 1. The van der Waals surface area contributed by atoms with Gasteiger partial charge in [-0.3, -0.25) is 0 Å². The first-order chi connectivity index (χ1) is 10.7. The molecule has 0 spiro atoms. The van der Waals surface area contributed by atoms with Gasteiger partial charge in [0.25, 0.3) is 0 Å². The first-order valence-corrected chi connectivity index (χ1v) is 10.2. The Balaban J connectivity index is 2.08. The van der Waals surface area contributed by atoms with Crippen molar-refractivity contribution in [3.8, 4) is 0 Å². The van der Waals surface area contributed by atoms with E-state index >= 15 is 0 Å². The number of halogens is 1. The normalized spacial score (nSPS) is 19.3. The summed E-state index contributed by atoms with van der Waals surface area (Å²) in [5.41, 5.74) is 0. The van der Waals surface area contributed by atoms with Crippen LogP contribution in [0.2, 0.25) is 0 Å². The predicted octanol–water partition coefficient (Wildman–Crippen LogP) is 4.55. The van der Waals surface area contributed by atoms with Crippen molar-refractivity contribution in [2.45, 2.75) is 9.79 Å². The molecule has 0 saturated heterocycles. The Kier molecular flexibility index (Phi) is 3.53. The molecule has 3 aromatic carbocycles. The third kappa shape index (κ3) is 2.11. The lowest BCUT2D eigenvalue weighted by Crippen LogP contribution is -2.30. The molecule has 0 fully saturated rings. The minimum atomic E-state index is -2.81. The van der Waals surface area contributed by atoms with E-state index in [9.17, 15) is 4.57 Å². The summed E-state index contributed by atoms with van der Waals surface area (Å²) in [5, 5.41) is 2.78. The second-order valence-electron chi connectivity index (χ2n) is 5.13. The van der Waals surface area contributed by atoms with Crippen molar-refractivity contribution < 1.29 is 4.57 Å². The smallest absolute Gasteiger partial charge is 0.173 e. The fourth-order valence-corrected chi connectivity index (χ4v) is 8.02. The quantitative estimate of drug-likeness (QED) is 0.446. The van der Waals surface area contributed by atoms with Crippen LogP contribution in [0.4, 0.5) is 0 Å². The predicted molar refractivity (Wildman–Crippen MR) is 97.7 cm³/mol. The lowest BCUT2D eigenvalue weighted by Gasteiger charge is -2.28. The van der Waals surface area contributed by atoms with Crippen molar-refractivity contribution in [3.05, 3.63) is 77.3 Å². The average Bonchev–Trinajstić information content (AvgIpc) is 2.55. The molecular formula is C18H12BrOPS. The van der Waals surface area contributed by atoms with Crippen molar-refractivity contribution in [1.82, 2.24) is 0 Å². The summed E-state index contributed by atoms with van der Waals surface area (Å²) in [6, 6.07) is 23.9. The van der Waals surface area contributed by atoms with Crippen LogP contribution in [-0.4, -0.2) is 0 Å². The van der Waals surface area contributed by atoms with E-state index in [1.54, 1.807) is 11.8 Å². The molecule has 1 atom stereocenters. The van der Waals surface area contributed by atoms with E-state index in [-0.39, 0.29) is 0 Å². The molecule has 4 rings (SSSR count). The van der Waals surface area contributed by atoms with Gasteiger partial charge in [-0.2, -0.15) is 0 Å². The zero-order valence-corrected chi connectivity index (χ0v) is 14.9. The third-order valence-electron chi connectivity index (χ3n) is 3.81. The van der Waals surface area contributed by atoms with E-state index in [1.165, 1.54) is 0 Å². The zero-order chi connectivity index (χ0) is 15.2. The Morgan fingerprint density at radius 2 is 1.45 bits per heavy atom. The minimum absolute atomic E-state index is 0.895. The molecule has 4 heteroatoms. The molecular weight excluding hydrogens is 375 g/mol. The van der Waals surface area contributed by atoms with Crippen molar-refractivity contribution >= 4 is 50.7 Å². The highest BCUT2D eigenvalue weighted by Gasteiger charge is 2.37. The van der Waals surface area contributed by atoms with E-state index in [0.29, 0.717) is 0 Å². The van der Waals surface area contributed by atoms with Crippen molar-refractivity contribution in [2.24, 2.45) is 0 Å². The standard InChI is InChI=1S/C18H12BrOPS/c19-13-10-11-16-18(12-13)22-17-9-5-4-8-15(17)21(16,20)14-6-2-1-3-7-14/h1-12H. The molecule has 0 amide bonds. The summed E-state index contributed by atoms with van der Waals surface area (Å²) in [4.78, 5) is 2.15. The van der Waals surface area contributed by atoms with Crippen LogP contribution < -0.4 is 15.9 Å². The van der Waals surface area contributed by atoms with E-state index in [2.05, 4.69) is 28.1 Å². The molecule has 1 aliphatic rings. The zero-order valence-electron chi connectivity index (χ0n) is 11.6. The van der Waals surface area contributed by atoms with Gasteiger partial charge >= 0.3 is 0 Å². The molecule has 0 N–H and O–H groups in total. The van der Waals surface area contributed by atoms with Crippen LogP contribution in [0.5, 0.6) is 0 Å². The Morgan fingerprint density at radius 1 is 0.773 bits per heavy atom. The van der Waals surface area contributed by atoms with Crippen molar-refractivity contribution in [2.75, 3.05) is 0 Å². The number of benzene rings is 3. The summed E-state index contributed by atoms with van der Waals surface area (Å²) >= 11 is 5.21. The number of hydrogen-bond acceptors (Lipinski definition) is 2. The largest absolute Gasteiger partial charge is 0.309 e. The highest BCUT2D eigenvalue weighted by Crippen LogP contribution is 2.52. The molecule has 108 valence electrons. The molecule has 0 saturated carbocycles. The molecule has 1 aliphatic heterocycles. The second-order valence-corrected chi connectivity index (χ2v) is 9.82. The molecule has 22 heavy (non-hydrogen) atoms. The van der Waals surface area contributed by atoms with Gasteiger partial charge in [-0.05, 0) is 30.3 Å². The van der Waals surface area contributed by atoms with Gasteiger partial charge in [-0.25, -0.2) is 0 Å². The first kappa shape index (κ1) is 14.3. The third-order valence-corrected chi connectivity index (χ3v) is 8.90. The topological polar surface area (TPSA) is 17.1 Å². The van der Waals surface area contributed by atoms with Gasteiger partial charge in [0.2, 0.25) is 0 Å². The molecule has 0 aromatic heterocycles. The van der Waals surface area contributed by atoms with Crippen LogP contribution in [0.3, 0.4) is 0 Å². The Bertz CT molecular complexity index is 908. The van der Waals surface area contributed by atoms with E-state index in [0.717, 1.165) is 30.2 Å². The summed E-state index contributed by atoms with van der Waals surface area (Å²) in [6.45, 7) is 0. The maximum absolute atomic E-state index is 14.2. The SMILES string of the molecule is O=P1(c2ccccc2)c2ccccc2Sc2cc(Br)ccc21. The van der Waals surface area contributed by atoms with E-state index < -0.39 is 7.14 Å². The number of hydrogen-bond donors (Lipinski definition) is 0. The molecule has 3 aromatic rings. The Morgan fingerprint density at radius 3 is 2.27 bits per heavy atom. The van der Waals surface area contributed by atoms with Crippen LogP contribution in [-0.2, 0) is 4.57 Å². The van der Waals surface area contributed by atoms with Gasteiger partial charge in [-0.15, -0.1) is 0 Å². The van der Waals surface area contributed by atoms with E-state index in [4.69, 9.17) is 0 Å². The van der Waals surface area contributed by atoms with Gasteiger partial charge < -0.3 is 4.57 Å². The van der Waals surface area contributed by atoms with Crippen molar-refractivity contribution in [1.29, 1.82) is 0 Å². The van der Waals surface area contributed by atoms with Gasteiger partial charge in [-0.1, -0.05) is 70.2 Å². The van der Waals surface area contributed by atoms with Gasteiger partial charge in [0, 0.05) is 30.2 Å². The molecule has 0 radical (unpaired) electrons. The molecule has 1 heterocycles. The van der Waals surface area contributed by atoms with Crippen LogP contribution in [0.1, 0.15) is 0 Å². The second kappa shape index (κ2) is 5.42. The highest BCUT2D eigenvalue weighted by molar-refractivity contribution is 9.10. The first-order valence-electron chi connectivity index (χ1n) is 6.93. The lowest BCUT2D eigenvalue weighted by molar-refractivity contribution is 0.591. The van der Waals surface area contributed by atoms with Crippen LogP contribution in [0.25, 0.3) is 0 Å². The highest BCUT2D eigenvalue weighted by atomic mass is 79.9. The van der Waals surface area contributed by atoms with Gasteiger partial charge in [0.1, 0.15) is 0 Å². The molecule has 1 unspecified atom stereocenters. The lowest BCUT2D eigenvalue weighted by atomic mass is 10.3. The fraction of sp³-hybridized carbons (Fsp3) is 0. The van der Waals surface area contributed by atoms with Crippen molar-refractivity contribution in [3.63, 3.8) is 0 Å². The van der Waals surface area contributed by atoms with Crippen LogP contribution >= 0.6 is 34.8 Å². The molecule has 0 aliphatic carbocycles. The van der Waals surface area contributed by atoms with Gasteiger partial charge in [0.15, 0.2) is 7.14 Å². The van der Waals surface area contributed by atoms with Crippen LogP contribution in [0, 0.1) is 0 Å². The van der Waals surface area contributed by atoms with E-state index in [1.807, 2.05) is 60.7 Å². The minimum Gasteiger partial charge on any atom is -0.309 e. The summed E-state index contributed by atoms with van der Waals surface area (Å²) in [6.07, 6.45) is 0. The summed E-state index contributed by atoms with van der Waals surface area (Å²) in [5.74, 6) is 0. The Hall–Kier alpha value is -1.28. The maximum atomic E-state index is 14.2. The summed E-state index contributed by atoms with van der Waals surface area (Å²) in [7, 11) is -2.81. The average molecular weight is 387 g/mol. The fourth-order valence-electron chi connectivity index (χ4n) is 2.80. The van der Waals surface area contributed by atoms with Gasteiger partial charge in [0.05, 0.1) is 0 Å². The monoisotopic (exact) mass is 386 g/mol. The molecule has 0 bridgehead atoms. The summed E-state index contributed by atoms with van der Waals surface area (Å²) < 4.78 is 15.2. The number of fused-ring (bicyclic) bond motifs is 2. The Labute approximate surface area is 142 Å². The molecule has 1 nitrogen and oxygen atoms in total. The maximum Gasteiger partial charge on any atom is 0.173 e.